The Labute approximate surface area is 100 Å². The van der Waals surface area contributed by atoms with E-state index in [-0.39, 0.29) is 0 Å². The van der Waals surface area contributed by atoms with Crippen molar-refractivity contribution in [3.05, 3.63) is 35.7 Å². The lowest BCUT2D eigenvalue weighted by Crippen LogP contribution is -2.13. The maximum atomic E-state index is 5.48. The van der Waals surface area contributed by atoms with Gasteiger partial charge >= 0.3 is 0 Å². The molecule has 2 aromatic heterocycles. The highest BCUT2D eigenvalue weighted by Crippen LogP contribution is 2.20. The van der Waals surface area contributed by atoms with Gasteiger partial charge in [0.25, 0.3) is 0 Å². The number of nitrogens with one attached hydrogen (secondary N) is 1. The average Bonchev–Trinajstić information content (AvgIpc) is 2.38. The molecular weight excluding hydrogens is 214 g/mol. The smallest absolute Gasteiger partial charge is 0.180 e. The van der Waals surface area contributed by atoms with Crippen LogP contribution in [0.3, 0.4) is 0 Å². The number of rotatable bonds is 3. The number of nitrogens with zero attached hydrogens (tertiary/aromatic N) is 3. The van der Waals surface area contributed by atoms with E-state index in [2.05, 4.69) is 20.4 Å². The maximum Gasteiger partial charge on any atom is 0.180 e. The van der Waals surface area contributed by atoms with Crippen LogP contribution in [0.4, 0.5) is 5.82 Å². The van der Waals surface area contributed by atoms with E-state index in [1.54, 1.807) is 6.20 Å². The van der Waals surface area contributed by atoms with Crippen LogP contribution in [0.25, 0.3) is 11.5 Å². The van der Waals surface area contributed by atoms with Crippen LogP contribution < -0.4 is 11.3 Å². The summed E-state index contributed by atoms with van der Waals surface area (Å²) >= 11 is 0. The molecule has 0 saturated carbocycles. The molecule has 2 aromatic rings. The van der Waals surface area contributed by atoms with E-state index in [0.29, 0.717) is 11.6 Å². The summed E-state index contributed by atoms with van der Waals surface area (Å²) in [7, 11) is 0. The average molecular weight is 229 g/mol. The van der Waals surface area contributed by atoms with Gasteiger partial charge in [-0.15, -0.1) is 0 Å². The standard InChI is InChI=1S/C12H15N5/c1-3-9-8(2)15-12(16-11(9)17-13)10-6-4-5-7-14-10/h4-7H,3,13H2,1-2H3,(H,15,16,17). The summed E-state index contributed by atoms with van der Waals surface area (Å²) < 4.78 is 0. The van der Waals surface area contributed by atoms with Gasteiger partial charge in [-0.05, 0) is 25.5 Å². The van der Waals surface area contributed by atoms with Gasteiger partial charge in [0.1, 0.15) is 11.5 Å². The molecule has 0 saturated heterocycles. The zero-order valence-electron chi connectivity index (χ0n) is 9.94. The maximum absolute atomic E-state index is 5.48. The Morgan fingerprint density at radius 2 is 2.12 bits per heavy atom. The minimum Gasteiger partial charge on any atom is -0.308 e. The van der Waals surface area contributed by atoms with Gasteiger partial charge < -0.3 is 5.43 Å². The minimum absolute atomic E-state index is 0.591. The molecule has 0 radical (unpaired) electrons. The number of aromatic nitrogens is 3. The van der Waals surface area contributed by atoms with Crippen LogP contribution in [0.2, 0.25) is 0 Å². The van der Waals surface area contributed by atoms with Gasteiger partial charge in [-0.2, -0.15) is 0 Å². The molecule has 5 nitrogen and oxygen atoms in total. The number of aryl methyl sites for hydroxylation is 1. The highest BCUT2D eigenvalue weighted by Gasteiger charge is 2.10. The number of nitrogen functional groups attached to an aromatic ring is 1. The van der Waals surface area contributed by atoms with Gasteiger partial charge in [0.2, 0.25) is 0 Å². The zero-order chi connectivity index (χ0) is 12.3. The molecule has 0 aliphatic carbocycles. The molecule has 88 valence electrons. The topological polar surface area (TPSA) is 76.7 Å². The lowest BCUT2D eigenvalue weighted by Gasteiger charge is -2.10. The fraction of sp³-hybridized carbons (Fsp3) is 0.250. The molecule has 2 heterocycles. The van der Waals surface area contributed by atoms with E-state index in [4.69, 9.17) is 5.84 Å². The molecular formula is C12H15N5. The summed E-state index contributed by atoms with van der Waals surface area (Å²) in [5, 5.41) is 0. The molecule has 5 heteroatoms. The van der Waals surface area contributed by atoms with Crippen LogP contribution in [0.5, 0.6) is 0 Å². The number of nitrogens with two attached hydrogens (primary N) is 1. The molecule has 0 unspecified atom stereocenters. The first-order valence-corrected chi connectivity index (χ1v) is 5.51. The van der Waals surface area contributed by atoms with E-state index < -0.39 is 0 Å². The summed E-state index contributed by atoms with van der Waals surface area (Å²) in [5.74, 6) is 6.74. The number of anilines is 1. The van der Waals surface area contributed by atoms with Crippen molar-refractivity contribution in [3.63, 3.8) is 0 Å². The van der Waals surface area contributed by atoms with Crippen molar-refractivity contribution in [2.75, 3.05) is 5.43 Å². The van der Waals surface area contributed by atoms with E-state index in [9.17, 15) is 0 Å². The SMILES string of the molecule is CCc1c(C)nc(-c2ccccn2)nc1NN. The Hall–Kier alpha value is -2.01. The van der Waals surface area contributed by atoms with Crippen LogP contribution in [-0.4, -0.2) is 15.0 Å². The van der Waals surface area contributed by atoms with E-state index in [1.807, 2.05) is 32.0 Å². The lowest BCUT2D eigenvalue weighted by molar-refractivity contribution is 0.989. The van der Waals surface area contributed by atoms with Crippen LogP contribution in [0, 0.1) is 6.92 Å². The fourth-order valence-electron chi connectivity index (χ4n) is 1.75. The third-order valence-electron chi connectivity index (χ3n) is 2.60. The number of hydrogen-bond donors (Lipinski definition) is 2. The number of pyridine rings is 1. The van der Waals surface area contributed by atoms with E-state index >= 15 is 0 Å². The molecule has 0 bridgehead atoms. The van der Waals surface area contributed by atoms with Crippen molar-refractivity contribution in [1.82, 2.24) is 15.0 Å². The van der Waals surface area contributed by atoms with E-state index in [1.165, 1.54) is 0 Å². The molecule has 0 aromatic carbocycles. The fourth-order valence-corrected chi connectivity index (χ4v) is 1.75. The predicted molar refractivity (Wildman–Crippen MR) is 67.2 cm³/mol. The van der Waals surface area contributed by atoms with Gasteiger partial charge in [-0.1, -0.05) is 13.0 Å². The Morgan fingerprint density at radius 3 is 2.71 bits per heavy atom. The molecule has 0 atom stereocenters. The summed E-state index contributed by atoms with van der Waals surface area (Å²) in [6.07, 6.45) is 2.56. The second-order valence-corrected chi connectivity index (χ2v) is 3.67. The normalized spacial score (nSPS) is 10.3. The monoisotopic (exact) mass is 229 g/mol. The number of hydrazine groups is 1. The Kier molecular flexibility index (Phi) is 3.30. The summed E-state index contributed by atoms with van der Waals surface area (Å²) in [6, 6.07) is 5.64. The van der Waals surface area contributed by atoms with Crippen molar-refractivity contribution in [2.24, 2.45) is 5.84 Å². The molecule has 0 fully saturated rings. The molecule has 17 heavy (non-hydrogen) atoms. The van der Waals surface area contributed by atoms with Gasteiger partial charge in [0.05, 0.1) is 0 Å². The first-order chi connectivity index (χ1) is 8.26. The molecule has 0 amide bonds. The second kappa shape index (κ2) is 4.88. The van der Waals surface area contributed by atoms with Crippen LogP contribution in [0.15, 0.2) is 24.4 Å². The van der Waals surface area contributed by atoms with Crippen molar-refractivity contribution >= 4 is 5.82 Å². The number of hydrogen-bond acceptors (Lipinski definition) is 5. The van der Waals surface area contributed by atoms with Crippen molar-refractivity contribution < 1.29 is 0 Å². The zero-order valence-corrected chi connectivity index (χ0v) is 9.94. The molecule has 2 rings (SSSR count). The summed E-state index contributed by atoms with van der Waals surface area (Å²) in [5.41, 5.74) is 5.33. The van der Waals surface area contributed by atoms with Crippen molar-refractivity contribution in [1.29, 1.82) is 0 Å². The summed E-state index contributed by atoms with van der Waals surface area (Å²) in [6.45, 7) is 4.00. The Bertz CT molecular complexity index is 510. The minimum atomic E-state index is 0.591. The first-order valence-electron chi connectivity index (χ1n) is 5.51. The Balaban J connectivity index is 2.54. The quantitative estimate of drug-likeness (QED) is 0.618. The molecule has 0 spiro atoms. The first kappa shape index (κ1) is 11.5. The predicted octanol–water partition coefficient (Wildman–Crippen LogP) is 1.70. The molecule has 3 N–H and O–H groups in total. The van der Waals surface area contributed by atoms with E-state index in [0.717, 1.165) is 23.4 Å². The van der Waals surface area contributed by atoms with Crippen LogP contribution in [0.1, 0.15) is 18.2 Å². The molecule has 0 aliphatic rings. The van der Waals surface area contributed by atoms with Crippen molar-refractivity contribution in [3.8, 4) is 11.5 Å². The second-order valence-electron chi connectivity index (χ2n) is 3.67. The van der Waals surface area contributed by atoms with Gasteiger partial charge in [-0.3, -0.25) is 4.98 Å². The van der Waals surface area contributed by atoms with Crippen LogP contribution in [-0.2, 0) is 6.42 Å². The Morgan fingerprint density at radius 1 is 1.29 bits per heavy atom. The highest BCUT2D eigenvalue weighted by atomic mass is 15.3. The van der Waals surface area contributed by atoms with Crippen LogP contribution >= 0.6 is 0 Å². The third-order valence-corrected chi connectivity index (χ3v) is 2.60. The summed E-state index contributed by atoms with van der Waals surface area (Å²) in [4.78, 5) is 13.1. The van der Waals surface area contributed by atoms with Crippen molar-refractivity contribution in [2.45, 2.75) is 20.3 Å². The van der Waals surface area contributed by atoms with Gasteiger partial charge in [0, 0.05) is 17.5 Å². The molecule has 0 aliphatic heterocycles. The van der Waals surface area contributed by atoms with Gasteiger partial charge in [-0.25, -0.2) is 15.8 Å². The van der Waals surface area contributed by atoms with Gasteiger partial charge in [0.15, 0.2) is 5.82 Å². The largest absolute Gasteiger partial charge is 0.308 e. The highest BCUT2D eigenvalue weighted by molar-refractivity contribution is 5.56. The third kappa shape index (κ3) is 2.24. The lowest BCUT2D eigenvalue weighted by atomic mass is 10.1.